The van der Waals surface area contributed by atoms with Crippen LogP contribution in [0.1, 0.15) is 18.0 Å². The first-order valence-corrected chi connectivity index (χ1v) is 7.59. The average molecular weight is 352 g/mol. The van der Waals surface area contributed by atoms with E-state index in [0.717, 1.165) is 23.1 Å². The van der Waals surface area contributed by atoms with E-state index < -0.39 is 11.0 Å². The number of aliphatic hydroxyl groups is 1. The summed E-state index contributed by atoms with van der Waals surface area (Å²) in [6.45, 7) is 1.49. The normalized spacial score (nSPS) is 12.4. The van der Waals surface area contributed by atoms with Gasteiger partial charge in [0.1, 0.15) is 6.10 Å². The molecule has 2 aromatic rings. The Hall–Kier alpha value is -0.930. The van der Waals surface area contributed by atoms with Crippen molar-refractivity contribution in [2.75, 3.05) is 0 Å². The van der Waals surface area contributed by atoms with Gasteiger partial charge in [0.15, 0.2) is 4.21 Å². The molecule has 0 bridgehead atoms. The lowest BCUT2D eigenvalue weighted by atomic mass is 10.4. The summed E-state index contributed by atoms with van der Waals surface area (Å²) in [5, 5.41) is 21.3. The Balaban J connectivity index is 2.45. The molecule has 20 heavy (non-hydrogen) atoms. The van der Waals surface area contributed by atoms with Crippen LogP contribution in [0.15, 0.2) is 21.5 Å². The number of hydrogen-bond acceptors (Lipinski definition) is 7. The largest absolute Gasteiger partial charge is 0.389 e. The van der Waals surface area contributed by atoms with E-state index in [1.54, 1.807) is 0 Å². The van der Waals surface area contributed by atoms with Crippen LogP contribution in [0.25, 0.3) is 0 Å². The Morgan fingerprint density at radius 3 is 2.55 bits per heavy atom. The molecule has 2 heterocycles. The van der Waals surface area contributed by atoms with E-state index in [4.69, 9.17) is 23.2 Å². The van der Waals surface area contributed by atoms with Gasteiger partial charge >= 0.3 is 5.82 Å². The minimum Gasteiger partial charge on any atom is -0.384 e. The van der Waals surface area contributed by atoms with E-state index in [0.29, 0.717) is 19.1 Å². The van der Waals surface area contributed by atoms with Gasteiger partial charge in [-0.25, -0.2) is 0 Å². The highest BCUT2D eigenvalue weighted by Gasteiger charge is 2.27. The number of aromatic nitrogens is 2. The number of hydrogen-bond donors (Lipinski definition) is 1. The fourth-order valence-corrected chi connectivity index (χ4v) is 3.93. The van der Waals surface area contributed by atoms with Gasteiger partial charge in [-0.2, -0.15) is 0 Å². The number of pyridine rings is 1. The zero-order chi connectivity index (χ0) is 14.9. The summed E-state index contributed by atoms with van der Waals surface area (Å²) in [6, 6.07) is 0. The van der Waals surface area contributed by atoms with Gasteiger partial charge in [0.2, 0.25) is 5.01 Å². The summed E-state index contributed by atoms with van der Waals surface area (Å²) in [4.78, 5) is 18.5. The van der Waals surface area contributed by atoms with Gasteiger partial charge in [0.25, 0.3) is 0 Å². The van der Waals surface area contributed by atoms with Crippen molar-refractivity contribution < 1.29 is 10.0 Å². The van der Waals surface area contributed by atoms with E-state index in [1.807, 2.05) is 0 Å². The van der Waals surface area contributed by atoms with Crippen LogP contribution < -0.4 is 0 Å². The van der Waals surface area contributed by atoms with Crippen LogP contribution in [-0.4, -0.2) is 20.0 Å². The zero-order valence-corrected chi connectivity index (χ0v) is 13.1. The van der Waals surface area contributed by atoms with Crippen molar-refractivity contribution in [2.45, 2.75) is 22.1 Å². The molecule has 0 saturated carbocycles. The number of rotatable bonds is 4. The quantitative estimate of drug-likeness (QED) is 0.662. The summed E-state index contributed by atoms with van der Waals surface area (Å²) < 4.78 is 0.306. The van der Waals surface area contributed by atoms with Crippen LogP contribution in [0, 0.1) is 10.1 Å². The molecule has 106 valence electrons. The Labute approximate surface area is 131 Å². The minimum absolute atomic E-state index is 0.264. The van der Waals surface area contributed by atoms with E-state index in [9.17, 15) is 15.2 Å². The van der Waals surface area contributed by atoms with Crippen molar-refractivity contribution in [2.24, 2.45) is 0 Å². The lowest BCUT2D eigenvalue weighted by molar-refractivity contribution is -0.391. The molecule has 2 rings (SSSR count). The summed E-state index contributed by atoms with van der Waals surface area (Å²) >= 11 is 14.0. The summed E-state index contributed by atoms with van der Waals surface area (Å²) in [6.07, 6.45) is 1.92. The van der Waals surface area contributed by atoms with Crippen LogP contribution in [0.4, 0.5) is 5.82 Å². The summed E-state index contributed by atoms with van der Waals surface area (Å²) in [7, 11) is 0. The molecule has 10 heteroatoms. The molecular formula is C10H7Cl2N3O3S2. The van der Waals surface area contributed by atoms with Crippen molar-refractivity contribution in [1.29, 1.82) is 0 Å². The lowest BCUT2D eigenvalue weighted by Crippen LogP contribution is -1.92. The molecule has 2 aromatic heterocycles. The number of halogens is 2. The predicted octanol–water partition coefficient (Wildman–Crippen LogP) is 3.96. The van der Waals surface area contributed by atoms with E-state index in [2.05, 4.69) is 9.97 Å². The van der Waals surface area contributed by atoms with Gasteiger partial charge < -0.3 is 15.2 Å². The summed E-state index contributed by atoms with van der Waals surface area (Å²) in [5.74, 6) is -0.320. The highest BCUT2D eigenvalue weighted by molar-refractivity contribution is 8.01. The molecule has 0 aromatic carbocycles. The maximum Gasteiger partial charge on any atom is 0.389 e. The third-order valence-electron chi connectivity index (χ3n) is 2.13. The molecule has 0 aliphatic carbocycles. The highest BCUT2D eigenvalue weighted by atomic mass is 35.5. The van der Waals surface area contributed by atoms with Crippen LogP contribution in [0.5, 0.6) is 0 Å². The smallest absolute Gasteiger partial charge is 0.384 e. The molecule has 6 nitrogen and oxygen atoms in total. The third-order valence-corrected chi connectivity index (χ3v) is 5.45. The van der Waals surface area contributed by atoms with Gasteiger partial charge in [0, 0.05) is 12.4 Å². The Morgan fingerprint density at radius 2 is 2.05 bits per heavy atom. The van der Waals surface area contributed by atoms with E-state index in [1.165, 1.54) is 19.3 Å². The number of aliphatic hydroxyl groups excluding tert-OH is 1. The van der Waals surface area contributed by atoms with Crippen LogP contribution in [0.3, 0.4) is 0 Å². The Morgan fingerprint density at radius 1 is 1.45 bits per heavy atom. The van der Waals surface area contributed by atoms with Gasteiger partial charge in [-0.1, -0.05) is 46.3 Å². The molecule has 0 aliphatic rings. The first kappa shape index (κ1) is 15.5. The Kier molecular flexibility index (Phi) is 4.82. The molecule has 0 amide bonds. The highest BCUT2D eigenvalue weighted by Crippen LogP contribution is 2.45. The number of nitro groups is 1. The third kappa shape index (κ3) is 3.21. The maximum absolute atomic E-state index is 11.0. The summed E-state index contributed by atoms with van der Waals surface area (Å²) in [5.41, 5.74) is 0. The zero-order valence-electron chi connectivity index (χ0n) is 9.91. The van der Waals surface area contributed by atoms with Crippen molar-refractivity contribution in [3.8, 4) is 0 Å². The number of nitrogens with zero attached hydrogens (tertiary/aromatic N) is 3. The van der Waals surface area contributed by atoms with Crippen molar-refractivity contribution in [3.63, 3.8) is 0 Å². The maximum atomic E-state index is 11.0. The van der Waals surface area contributed by atoms with Crippen molar-refractivity contribution >= 4 is 52.1 Å². The predicted molar refractivity (Wildman–Crippen MR) is 77.8 cm³/mol. The minimum atomic E-state index is -0.878. The SMILES string of the molecule is CC(O)c1nc([N+](=O)[O-])c(Sc2c(Cl)cncc2Cl)s1. The number of thiazole rings is 1. The van der Waals surface area contributed by atoms with Gasteiger partial charge in [-0.15, -0.1) is 0 Å². The lowest BCUT2D eigenvalue weighted by Gasteiger charge is -2.03. The van der Waals surface area contributed by atoms with Gasteiger partial charge in [-0.3, -0.25) is 4.98 Å². The molecule has 0 radical (unpaired) electrons. The molecule has 1 atom stereocenters. The second-order valence-electron chi connectivity index (χ2n) is 3.63. The van der Waals surface area contributed by atoms with Crippen LogP contribution in [0.2, 0.25) is 10.0 Å². The van der Waals surface area contributed by atoms with Gasteiger partial charge in [0.05, 0.1) is 14.9 Å². The molecule has 1 unspecified atom stereocenters. The van der Waals surface area contributed by atoms with E-state index in [-0.39, 0.29) is 10.8 Å². The first-order chi connectivity index (χ1) is 9.40. The van der Waals surface area contributed by atoms with Crippen LogP contribution >= 0.6 is 46.3 Å². The molecule has 0 fully saturated rings. The van der Waals surface area contributed by atoms with Crippen LogP contribution in [-0.2, 0) is 0 Å². The second-order valence-corrected chi connectivity index (χ2v) is 6.75. The first-order valence-electron chi connectivity index (χ1n) is 5.20. The standard InChI is InChI=1S/C10H7Cl2N3O3S2/c1-4(16)9-14-8(15(17)18)10(20-9)19-7-5(11)2-13-3-6(7)12/h2-4,16H,1H3. The molecule has 1 N–H and O–H groups in total. The van der Waals surface area contributed by atoms with Crippen molar-refractivity contribution in [1.82, 2.24) is 9.97 Å². The Bertz CT molecular complexity index is 643. The fourth-order valence-electron chi connectivity index (χ4n) is 1.26. The molecular weight excluding hydrogens is 345 g/mol. The van der Waals surface area contributed by atoms with Crippen molar-refractivity contribution in [3.05, 3.63) is 37.6 Å². The van der Waals surface area contributed by atoms with Gasteiger partial charge in [-0.05, 0) is 16.8 Å². The topological polar surface area (TPSA) is 89.2 Å². The second kappa shape index (κ2) is 6.23. The van der Waals surface area contributed by atoms with E-state index >= 15 is 0 Å². The monoisotopic (exact) mass is 351 g/mol. The molecule has 0 aliphatic heterocycles. The molecule has 0 saturated heterocycles. The molecule has 0 spiro atoms. The fraction of sp³-hybridized carbons (Fsp3) is 0.200. The average Bonchev–Trinajstić information content (AvgIpc) is 2.78.